The molecule has 3 unspecified atom stereocenters. The standard InChI is InChI=1S/C27H33FN6O5/c1-17(26(29)36)24-16-34(27(37)39-24)19-3-4-20(21(28)12-19)18-2-5-25(31-13-18)33-7-6-30-14-22(33)23(35)15-32-8-10-38-11-9-32/h2-5,12-13,17,22,24,30H,6-11,14-16H2,1H3,(H2,29,36). The maximum absolute atomic E-state index is 15.2. The van der Waals surface area contributed by atoms with Crippen molar-refractivity contribution in [2.24, 2.45) is 11.7 Å². The third-order valence-corrected chi connectivity index (χ3v) is 7.56. The summed E-state index contributed by atoms with van der Waals surface area (Å²) in [5.74, 6) is -0.961. The summed E-state index contributed by atoms with van der Waals surface area (Å²) in [6, 6.07) is 7.72. The number of pyridine rings is 1. The number of cyclic esters (lactones) is 1. The van der Waals surface area contributed by atoms with Gasteiger partial charge in [0.15, 0.2) is 5.78 Å². The lowest BCUT2D eigenvalue weighted by molar-refractivity contribution is -0.124. The molecule has 4 heterocycles. The van der Waals surface area contributed by atoms with Gasteiger partial charge >= 0.3 is 6.09 Å². The number of Topliss-reactive ketones (excluding diaryl/α,β-unsaturated/α-hetero) is 1. The number of aromatic nitrogens is 1. The average molecular weight is 541 g/mol. The lowest BCUT2D eigenvalue weighted by Gasteiger charge is -2.37. The number of nitrogens with one attached hydrogen (secondary N) is 1. The van der Waals surface area contributed by atoms with Crippen molar-refractivity contribution in [1.82, 2.24) is 15.2 Å². The van der Waals surface area contributed by atoms with Gasteiger partial charge in [0.1, 0.15) is 23.8 Å². The number of ketones is 1. The zero-order valence-electron chi connectivity index (χ0n) is 21.8. The van der Waals surface area contributed by atoms with E-state index in [0.717, 1.165) is 19.6 Å². The van der Waals surface area contributed by atoms with Crippen LogP contribution >= 0.6 is 0 Å². The number of nitrogens with zero attached hydrogens (tertiary/aromatic N) is 4. The van der Waals surface area contributed by atoms with Crippen molar-refractivity contribution in [1.29, 1.82) is 0 Å². The van der Waals surface area contributed by atoms with E-state index in [1.165, 1.54) is 11.0 Å². The summed E-state index contributed by atoms with van der Waals surface area (Å²) in [6.45, 7) is 6.74. The van der Waals surface area contributed by atoms with Gasteiger partial charge in [-0.2, -0.15) is 0 Å². The van der Waals surface area contributed by atoms with Crippen molar-refractivity contribution in [2.75, 3.05) is 68.8 Å². The number of carbonyl (C=O) groups excluding carboxylic acids is 3. The van der Waals surface area contributed by atoms with Crippen LogP contribution in [-0.4, -0.2) is 98.8 Å². The Bertz CT molecular complexity index is 1220. The predicted molar refractivity (Wildman–Crippen MR) is 142 cm³/mol. The van der Waals surface area contributed by atoms with Gasteiger partial charge in [-0.15, -0.1) is 0 Å². The molecule has 1 aromatic heterocycles. The van der Waals surface area contributed by atoms with Crippen molar-refractivity contribution in [2.45, 2.75) is 19.1 Å². The molecule has 3 N–H and O–H groups in total. The molecule has 0 saturated carbocycles. The van der Waals surface area contributed by atoms with Gasteiger partial charge in [0.05, 0.1) is 37.9 Å². The number of carbonyl (C=O) groups is 3. The number of benzene rings is 1. The molecule has 0 aliphatic carbocycles. The quantitative estimate of drug-likeness (QED) is 0.504. The molecule has 12 heteroatoms. The number of anilines is 2. The fourth-order valence-electron chi connectivity index (χ4n) is 5.11. The molecule has 0 spiro atoms. The number of amides is 2. The van der Waals surface area contributed by atoms with Crippen LogP contribution in [0.3, 0.4) is 0 Å². The summed E-state index contributed by atoms with van der Waals surface area (Å²) < 4.78 is 25.8. The van der Waals surface area contributed by atoms with Crippen molar-refractivity contribution >= 4 is 29.3 Å². The van der Waals surface area contributed by atoms with Gasteiger partial charge in [0.25, 0.3) is 0 Å². The number of ether oxygens (including phenoxy) is 2. The zero-order valence-corrected chi connectivity index (χ0v) is 21.8. The summed E-state index contributed by atoms with van der Waals surface area (Å²) in [6.07, 6.45) is 0.247. The Morgan fingerprint density at radius 2 is 2.00 bits per heavy atom. The Morgan fingerprint density at radius 1 is 1.21 bits per heavy atom. The van der Waals surface area contributed by atoms with E-state index in [0.29, 0.717) is 55.5 Å². The molecule has 11 nitrogen and oxygen atoms in total. The van der Waals surface area contributed by atoms with Gasteiger partial charge in [-0.3, -0.25) is 19.4 Å². The molecule has 208 valence electrons. The van der Waals surface area contributed by atoms with E-state index in [2.05, 4.69) is 15.2 Å². The summed E-state index contributed by atoms with van der Waals surface area (Å²) in [5.41, 5.74) is 6.55. The molecule has 3 saturated heterocycles. The third-order valence-electron chi connectivity index (χ3n) is 7.56. The van der Waals surface area contributed by atoms with Gasteiger partial charge in [0.2, 0.25) is 5.91 Å². The van der Waals surface area contributed by atoms with Crippen LogP contribution in [0.2, 0.25) is 0 Å². The number of hydrogen-bond donors (Lipinski definition) is 2. The maximum atomic E-state index is 15.2. The molecule has 1 aromatic carbocycles. The molecule has 3 aliphatic heterocycles. The molecule has 0 bridgehead atoms. The molecule has 0 radical (unpaired) electrons. The molecule has 3 fully saturated rings. The first-order valence-corrected chi connectivity index (χ1v) is 13.2. The Kier molecular flexibility index (Phi) is 8.05. The van der Waals surface area contributed by atoms with Crippen molar-refractivity contribution in [3.8, 4) is 11.1 Å². The molecule has 39 heavy (non-hydrogen) atoms. The highest BCUT2D eigenvalue weighted by molar-refractivity contribution is 5.91. The van der Waals surface area contributed by atoms with E-state index in [4.69, 9.17) is 15.2 Å². The third kappa shape index (κ3) is 5.87. The largest absolute Gasteiger partial charge is 0.443 e. The molecular formula is C27H33FN6O5. The number of primary amides is 1. The Labute approximate surface area is 226 Å². The zero-order chi connectivity index (χ0) is 27.5. The minimum absolute atomic E-state index is 0.105. The van der Waals surface area contributed by atoms with E-state index in [1.807, 2.05) is 4.90 Å². The summed E-state index contributed by atoms with van der Waals surface area (Å²) in [5, 5.41) is 3.30. The topological polar surface area (TPSA) is 130 Å². The Morgan fingerprint density at radius 3 is 2.69 bits per heavy atom. The normalized spacial score (nSPS) is 23.0. The molecule has 2 amide bonds. The second-order valence-electron chi connectivity index (χ2n) is 10.1. The van der Waals surface area contributed by atoms with Gasteiger partial charge in [-0.1, -0.05) is 0 Å². The fraction of sp³-hybridized carbons (Fsp3) is 0.481. The van der Waals surface area contributed by atoms with Crippen LogP contribution in [0.1, 0.15) is 6.92 Å². The SMILES string of the molecule is CC(C(N)=O)C1CN(c2ccc(-c3ccc(N4CCNCC4C(=O)CN4CCOCC4)nc3)c(F)c2)C(=O)O1. The number of hydrogen-bond acceptors (Lipinski definition) is 9. The van der Waals surface area contributed by atoms with Crippen molar-refractivity contribution in [3.05, 3.63) is 42.3 Å². The van der Waals surface area contributed by atoms with Crippen LogP contribution in [0.25, 0.3) is 11.1 Å². The van der Waals surface area contributed by atoms with E-state index in [1.54, 1.807) is 37.4 Å². The monoisotopic (exact) mass is 540 g/mol. The van der Waals surface area contributed by atoms with Crippen LogP contribution in [0, 0.1) is 11.7 Å². The van der Waals surface area contributed by atoms with E-state index in [-0.39, 0.29) is 18.4 Å². The van der Waals surface area contributed by atoms with Gasteiger partial charge < -0.3 is 25.4 Å². The lowest BCUT2D eigenvalue weighted by atomic mass is 10.0. The second-order valence-corrected chi connectivity index (χ2v) is 10.1. The molecule has 2 aromatic rings. The number of rotatable bonds is 8. The van der Waals surface area contributed by atoms with E-state index >= 15 is 4.39 Å². The van der Waals surface area contributed by atoms with E-state index < -0.39 is 29.8 Å². The first-order chi connectivity index (χ1) is 18.8. The number of nitrogens with two attached hydrogens (primary N) is 1. The number of halogens is 1. The van der Waals surface area contributed by atoms with Gasteiger partial charge in [-0.25, -0.2) is 14.2 Å². The van der Waals surface area contributed by atoms with Crippen LogP contribution in [0.4, 0.5) is 20.7 Å². The van der Waals surface area contributed by atoms with E-state index in [9.17, 15) is 14.4 Å². The molecular weight excluding hydrogens is 507 g/mol. The summed E-state index contributed by atoms with van der Waals surface area (Å²) in [4.78, 5) is 46.9. The molecule has 3 atom stereocenters. The number of morpholine rings is 1. The highest BCUT2D eigenvalue weighted by Crippen LogP contribution is 2.31. The average Bonchev–Trinajstić information content (AvgIpc) is 3.34. The van der Waals surface area contributed by atoms with Gasteiger partial charge in [0, 0.05) is 50.0 Å². The highest BCUT2D eigenvalue weighted by atomic mass is 19.1. The first-order valence-electron chi connectivity index (χ1n) is 13.2. The maximum Gasteiger partial charge on any atom is 0.414 e. The summed E-state index contributed by atoms with van der Waals surface area (Å²) in [7, 11) is 0. The van der Waals surface area contributed by atoms with Crippen molar-refractivity contribution < 1.29 is 28.2 Å². The Hall–Kier alpha value is -3.61. The number of piperazine rings is 1. The first kappa shape index (κ1) is 27.0. The minimum atomic E-state index is -0.691. The van der Waals surface area contributed by atoms with Crippen LogP contribution in [-0.2, 0) is 19.1 Å². The van der Waals surface area contributed by atoms with Crippen LogP contribution < -0.4 is 20.9 Å². The predicted octanol–water partition coefficient (Wildman–Crippen LogP) is 1.01. The van der Waals surface area contributed by atoms with Gasteiger partial charge in [-0.05, 0) is 37.3 Å². The molecule has 3 aliphatic rings. The smallest absolute Gasteiger partial charge is 0.414 e. The fourth-order valence-corrected chi connectivity index (χ4v) is 5.11. The van der Waals surface area contributed by atoms with Crippen LogP contribution in [0.15, 0.2) is 36.5 Å². The second kappa shape index (κ2) is 11.6. The van der Waals surface area contributed by atoms with Crippen molar-refractivity contribution in [3.63, 3.8) is 0 Å². The Balaban J connectivity index is 1.28. The highest BCUT2D eigenvalue weighted by Gasteiger charge is 2.38. The lowest BCUT2D eigenvalue weighted by Crippen LogP contribution is -2.57. The summed E-state index contributed by atoms with van der Waals surface area (Å²) >= 11 is 0. The van der Waals surface area contributed by atoms with Crippen LogP contribution in [0.5, 0.6) is 0 Å². The molecule has 5 rings (SSSR count). The minimum Gasteiger partial charge on any atom is -0.443 e.